The minimum atomic E-state index is -4.71. The Bertz CT molecular complexity index is 6220. The van der Waals surface area contributed by atoms with Crippen LogP contribution < -0.4 is 58.2 Å². The number of hydrogen-bond acceptors (Lipinski definition) is 24. The lowest BCUT2D eigenvalue weighted by Crippen LogP contribution is -2.45. The quantitative estimate of drug-likeness (QED) is 0.0373. The highest BCUT2D eigenvalue weighted by Crippen LogP contribution is 2.43. The number of alkyl halides is 3. The number of anilines is 1. The van der Waals surface area contributed by atoms with Crippen molar-refractivity contribution in [1.29, 1.82) is 0 Å². The van der Waals surface area contributed by atoms with Gasteiger partial charge in [0.2, 0.25) is 17.8 Å². The number of ether oxygens (including phenoxy) is 4. The van der Waals surface area contributed by atoms with Gasteiger partial charge in [-0.3, -0.25) is 24.2 Å². The Balaban J connectivity index is 0.000000145. The highest BCUT2D eigenvalue weighted by molar-refractivity contribution is 6.06. The second kappa shape index (κ2) is 42.0. The normalized spacial score (nSPS) is 21.2. The molecule has 10 aromatic carbocycles. The van der Waals surface area contributed by atoms with Crippen LogP contribution in [0.15, 0.2) is 280 Å². The Hall–Kier alpha value is -14.7. The molecule has 0 spiro atoms. The molecule has 706 valence electrons. The molecule has 0 bridgehead atoms. The maximum Gasteiger partial charge on any atom is 0.573 e. The van der Waals surface area contributed by atoms with Gasteiger partial charge in [0.25, 0.3) is 11.8 Å². The molecule has 0 radical (unpaired) electrons. The number of aromatic nitrogens is 1. The number of benzene rings is 10. The monoisotopic (exact) mass is 1840 g/mol. The molecule has 6 aliphatic rings. The van der Waals surface area contributed by atoms with Crippen molar-refractivity contribution in [2.24, 2.45) is 59.5 Å². The van der Waals surface area contributed by atoms with Crippen LogP contribution in [0.3, 0.4) is 0 Å². The number of aryl methyl sites for hydroxylation is 1. The summed E-state index contributed by atoms with van der Waals surface area (Å²) in [6.45, 7) is 10.3. The molecular formula is C104H120F3N19O9. The third-order valence-corrected chi connectivity index (χ3v) is 25.0. The molecule has 28 nitrogen and oxygen atoms in total. The zero-order valence-corrected chi connectivity index (χ0v) is 78.7. The van der Waals surface area contributed by atoms with Crippen molar-refractivity contribution in [2.75, 3.05) is 102 Å². The number of rotatable bonds is 20. The fraction of sp³-hybridized carbons (Fsp3) is 0.317. The van der Waals surface area contributed by atoms with Crippen LogP contribution in [0, 0.1) is 5.92 Å². The van der Waals surface area contributed by atoms with E-state index in [1.54, 1.807) is 67.5 Å². The van der Waals surface area contributed by atoms with Crippen LogP contribution in [-0.2, 0) is 43.0 Å². The summed E-state index contributed by atoms with van der Waals surface area (Å²) < 4.78 is 57.2. The van der Waals surface area contributed by atoms with Gasteiger partial charge in [-0.15, -0.1) is 13.2 Å². The summed E-state index contributed by atoms with van der Waals surface area (Å²) in [7, 11) is 17.4. The second-order valence-electron chi connectivity index (χ2n) is 35.5. The molecule has 1 aromatic heterocycles. The number of fused-ring (bicyclic) bond motifs is 1. The largest absolute Gasteiger partial charge is 0.573 e. The van der Waals surface area contributed by atoms with Gasteiger partial charge in [-0.2, -0.15) is 0 Å². The predicted molar refractivity (Wildman–Crippen MR) is 527 cm³/mol. The Morgan fingerprint density at radius 1 is 0.504 bits per heavy atom. The number of carbonyl (C=O) groups is 3. The van der Waals surface area contributed by atoms with E-state index in [0.29, 0.717) is 79.4 Å². The highest BCUT2D eigenvalue weighted by Gasteiger charge is 2.48. The molecule has 5 aliphatic heterocycles. The average molecular weight is 1840 g/mol. The van der Waals surface area contributed by atoms with Crippen molar-refractivity contribution in [3.63, 3.8) is 0 Å². The number of methoxy groups -OCH3 is 3. The molecule has 0 saturated heterocycles. The van der Waals surface area contributed by atoms with Crippen LogP contribution in [0.4, 0.5) is 23.7 Å². The Morgan fingerprint density at radius 2 is 1.02 bits per heavy atom. The van der Waals surface area contributed by atoms with Crippen molar-refractivity contribution in [3.05, 3.63) is 288 Å². The molecule has 135 heavy (non-hydrogen) atoms. The van der Waals surface area contributed by atoms with E-state index in [0.717, 1.165) is 128 Å². The molecule has 7 atom stereocenters. The molecule has 6 heterocycles. The number of likely N-dealkylation sites (N-methyl/N-ethyl adjacent to an activating group) is 3. The topological polar surface area (TPSA) is 355 Å². The van der Waals surface area contributed by atoms with Gasteiger partial charge >= 0.3 is 12.4 Å². The van der Waals surface area contributed by atoms with Crippen LogP contribution in [-0.4, -0.2) is 197 Å². The van der Waals surface area contributed by atoms with Gasteiger partial charge in [0.1, 0.15) is 58.2 Å². The lowest BCUT2D eigenvalue weighted by molar-refractivity contribution is -0.274. The number of hydrogen-bond donors (Lipinski definition) is 7. The van der Waals surface area contributed by atoms with Crippen molar-refractivity contribution in [3.8, 4) is 67.6 Å². The fourth-order valence-corrected chi connectivity index (χ4v) is 17.4. The third kappa shape index (κ3) is 24.0. The summed E-state index contributed by atoms with van der Waals surface area (Å²) in [5, 5.41) is 11.3. The predicted octanol–water partition coefficient (Wildman–Crippen LogP) is 16.3. The molecule has 31 heteroatoms. The summed E-state index contributed by atoms with van der Waals surface area (Å²) in [6, 6.07) is 79.4. The van der Waals surface area contributed by atoms with Crippen LogP contribution in [0.1, 0.15) is 104 Å². The third-order valence-electron chi connectivity index (χ3n) is 25.0. The molecule has 17 rings (SSSR count). The van der Waals surface area contributed by atoms with E-state index in [2.05, 4.69) is 95.8 Å². The maximum atomic E-state index is 13.3. The highest BCUT2D eigenvalue weighted by atomic mass is 19.4. The number of nitrogens with zero attached hydrogens (tertiary/aromatic N) is 12. The molecule has 1 fully saturated rings. The lowest BCUT2D eigenvalue weighted by atomic mass is 9.75. The number of hydroxylamine groups is 4. The van der Waals surface area contributed by atoms with Crippen molar-refractivity contribution in [2.45, 2.75) is 113 Å². The minimum Gasteiger partial charge on any atom is -0.497 e. The van der Waals surface area contributed by atoms with Gasteiger partial charge < -0.3 is 72.9 Å². The van der Waals surface area contributed by atoms with Gasteiger partial charge in [-0.25, -0.2) is 44.9 Å². The first kappa shape index (κ1) is 97.8. The van der Waals surface area contributed by atoms with Crippen LogP contribution in [0.5, 0.6) is 23.1 Å². The fourth-order valence-electron chi connectivity index (χ4n) is 17.4. The summed E-state index contributed by atoms with van der Waals surface area (Å²) in [6.07, 6.45) is 2.91. The van der Waals surface area contributed by atoms with E-state index in [9.17, 15) is 27.6 Å². The second-order valence-corrected chi connectivity index (χ2v) is 35.5. The van der Waals surface area contributed by atoms with Gasteiger partial charge in [0, 0.05) is 103 Å². The number of guanidine groups is 5. The molecule has 11 aromatic rings. The standard InChI is InChI=1S/C30H35N5O2.C20H24N4O2.C19H23N3O3.C18H18F3N3O.C17H20N4O/c1-35-27(36)30(34-28(35)31,17-16-21-8-3-2-4-9-21)20-22-10-7-13-25(18-22)32-29(37)33-26-15-14-23-11-5-6-12-24(23)19-26;1-20(13-26-24(4)19(21)22-20)17-10-6-8-15(12-17)14-7-5-9-16(11-14)18(25)23(2)3;1-19(12-25-22(2)18(20)21-19)14-7-5-6-13(10-14)16-11-15(23-3)8-9-17(16)24-4;1-17(11-24(2)16(22)23-17)14-7-3-5-12(9-14)13-6-4-8-15(10-13)25-18(19,20)21;1-17(11-21(2)16(18)20-17)14-6-4-5-12(9-14)13-7-8-15(22-3)19-10-13/h2-6,8-9,11-12,14-15,19,22,25H,7,10,13,16-18,20H2,1H3,(H2,31,34)(H2,32,33,37);5-12H,13H2,1-4H3,(H2,21,22);5-11H,12H2,1-4H3,(H2,20,21);3-10H,11H2,1-2H3,(H2,22,23);4-10H,11H2,1-3H3,(H2,18,20)/t22-,25+,30+;;;;/m0..../s1. The van der Waals surface area contributed by atoms with Gasteiger partial charge in [-0.1, -0.05) is 171 Å². The van der Waals surface area contributed by atoms with E-state index in [4.69, 9.17) is 57.5 Å². The Morgan fingerprint density at radius 3 is 1.53 bits per heavy atom. The van der Waals surface area contributed by atoms with Crippen molar-refractivity contribution < 1.29 is 56.2 Å². The zero-order valence-electron chi connectivity index (χ0n) is 78.7. The SMILES string of the molecule is CN(C)C(=O)c1cccc(-c2cccc(C3(C)CON(C)C(N)=N3)c2)c1.CN1C(=O)[C@@](CCc2ccccc2)(C[C@H]2CCC[C@@H](NC(=O)Nc3ccc4ccccc4c3)C2)N=C1N.CN1CC(C)(c2cccc(-c3cccc(OC(F)(F)F)c3)c2)N=C1N.COc1ccc(-c2cccc(C3(C)CN(C)C(N)=N3)c2)cn1.COc1ccc(OC)c(-c2cccc(C3(C)CON(C)C(N)=N3)c2)c1. The van der Waals surface area contributed by atoms with Crippen LogP contribution in [0.25, 0.3) is 55.3 Å². The van der Waals surface area contributed by atoms with E-state index < -0.39 is 28.5 Å². The first-order valence-corrected chi connectivity index (χ1v) is 44.5. The molecule has 1 aliphatic carbocycles. The average Bonchev–Trinajstić information content (AvgIpc) is 1.69. The smallest absolute Gasteiger partial charge is 0.497 e. The van der Waals surface area contributed by atoms with Crippen molar-refractivity contribution >= 4 is 64.1 Å². The van der Waals surface area contributed by atoms with Crippen molar-refractivity contribution in [1.82, 2.24) is 40.0 Å². The number of nitrogens with two attached hydrogens (primary N) is 5. The molecule has 4 amide bonds. The first-order chi connectivity index (χ1) is 64.4. The summed E-state index contributed by atoms with van der Waals surface area (Å²) in [5.74, 6) is 4.21. The first-order valence-electron chi connectivity index (χ1n) is 44.5. The molecule has 4 unspecified atom stereocenters. The number of aliphatic imine (C=N–C) groups is 5. The van der Waals surface area contributed by atoms with Crippen LogP contribution >= 0.6 is 0 Å². The number of carbonyl (C=O) groups excluding carboxylic acids is 3. The minimum absolute atomic E-state index is 0.0175. The number of amides is 4. The molecule has 12 N–H and O–H groups in total. The van der Waals surface area contributed by atoms with Gasteiger partial charge in [0.15, 0.2) is 17.9 Å². The summed E-state index contributed by atoms with van der Waals surface area (Å²) >= 11 is 0. The zero-order chi connectivity index (χ0) is 96.7. The summed E-state index contributed by atoms with van der Waals surface area (Å²) in [5.41, 5.74) is 41.3. The number of urea groups is 1. The van der Waals surface area contributed by atoms with Crippen LogP contribution in [0.2, 0.25) is 0 Å². The number of pyridine rings is 1. The lowest BCUT2D eigenvalue weighted by Gasteiger charge is -2.34. The summed E-state index contributed by atoms with van der Waals surface area (Å²) in [4.78, 5) is 83.9. The molecular weight excluding hydrogens is 1720 g/mol. The Kier molecular flexibility index (Phi) is 30.4. The number of nitrogens with one attached hydrogen (secondary N) is 2. The number of halogens is 3. The van der Waals surface area contributed by atoms with Gasteiger partial charge in [0.05, 0.1) is 21.3 Å². The Labute approximate surface area is 786 Å². The van der Waals surface area contributed by atoms with E-state index in [-0.39, 0.29) is 41.1 Å². The maximum absolute atomic E-state index is 13.3. The van der Waals surface area contributed by atoms with E-state index in [1.807, 2.05) is 227 Å². The van der Waals surface area contributed by atoms with E-state index >= 15 is 0 Å². The molecule has 1 saturated carbocycles. The van der Waals surface area contributed by atoms with E-state index in [1.165, 1.54) is 38.8 Å². The van der Waals surface area contributed by atoms with Gasteiger partial charge in [-0.05, 0) is 223 Å².